The van der Waals surface area contributed by atoms with Gasteiger partial charge in [-0.05, 0) is 37.8 Å². The van der Waals surface area contributed by atoms with Gasteiger partial charge in [-0.1, -0.05) is 31.0 Å². The van der Waals surface area contributed by atoms with Crippen molar-refractivity contribution in [3.8, 4) is 5.75 Å². The second-order valence-corrected chi connectivity index (χ2v) is 6.63. The van der Waals surface area contributed by atoms with Gasteiger partial charge in [0.1, 0.15) is 5.75 Å². The third kappa shape index (κ3) is 5.03. The Morgan fingerprint density at radius 2 is 1.92 bits per heavy atom. The normalized spacial score (nSPS) is 24.2. The first-order valence-corrected chi connectivity index (χ1v) is 8.88. The lowest BCUT2D eigenvalue weighted by Crippen LogP contribution is -2.43. The molecule has 4 nitrogen and oxygen atoms in total. The Bertz CT molecular complexity index is 612. The molecule has 1 aromatic rings. The highest BCUT2D eigenvalue weighted by Crippen LogP contribution is 2.45. The molecule has 25 heavy (non-hydrogen) atoms. The summed E-state index contributed by atoms with van der Waals surface area (Å²) in [6.07, 6.45) is 0.832. The minimum absolute atomic E-state index is 0.00554. The van der Waals surface area contributed by atoms with Gasteiger partial charge in [-0.3, -0.25) is 4.99 Å². The molecule has 0 aliphatic heterocycles. The fourth-order valence-electron chi connectivity index (χ4n) is 3.43. The highest BCUT2D eigenvalue weighted by atomic mass is 19.4. The minimum atomic E-state index is -4.67. The van der Waals surface area contributed by atoms with Gasteiger partial charge in [-0.15, -0.1) is 13.2 Å². The summed E-state index contributed by atoms with van der Waals surface area (Å²) in [6.45, 7) is 2.63. The van der Waals surface area contributed by atoms with Crippen molar-refractivity contribution in [2.75, 3.05) is 6.54 Å². The van der Waals surface area contributed by atoms with E-state index in [1.807, 2.05) is 6.92 Å². The number of ether oxygens (including phenoxy) is 1. The quantitative estimate of drug-likeness (QED) is 0.621. The van der Waals surface area contributed by atoms with Crippen LogP contribution in [-0.2, 0) is 0 Å². The number of alkyl halides is 3. The van der Waals surface area contributed by atoms with Crippen LogP contribution in [-0.4, -0.2) is 31.0 Å². The molecule has 138 valence electrons. The number of nitrogens with one attached hydrogen (secondary N) is 2. The number of guanidine groups is 1. The van der Waals surface area contributed by atoms with E-state index in [0.29, 0.717) is 18.2 Å². The lowest BCUT2D eigenvalue weighted by atomic mass is 10.1. The van der Waals surface area contributed by atoms with Gasteiger partial charge >= 0.3 is 6.36 Å². The highest BCUT2D eigenvalue weighted by molar-refractivity contribution is 5.81. The molecule has 2 aliphatic rings. The SMILES string of the molecule is CCN=C(NC1CCCC1)NC1CC1c1ccccc1OC(F)(F)F. The standard InChI is InChI=1S/C18H24F3N3O/c1-2-22-17(23-12-7-3-4-8-12)24-15-11-14(15)13-9-5-6-10-16(13)25-18(19,20)21/h5-6,9-10,12,14-15H,2-4,7-8,11H2,1H3,(H2,22,23,24). The molecule has 2 saturated carbocycles. The van der Waals surface area contributed by atoms with Crippen LogP contribution in [0.4, 0.5) is 13.2 Å². The Labute approximate surface area is 145 Å². The number of benzene rings is 1. The monoisotopic (exact) mass is 355 g/mol. The molecule has 0 saturated heterocycles. The molecule has 0 spiro atoms. The van der Waals surface area contributed by atoms with Gasteiger partial charge in [-0.2, -0.15) is 0 Å². The number of para-hydroxylation sites is 1. The van der Waals surface area contributed by atoms with E-state index in [1.165, 1.54) is 18.9 Å². The Morgan fingerprint density at radius 3 is 2.60 bits per heavy atom. The minimum Gasteiger partial charge on any atom is -0.405 e. The van der Waals surface area contributed by atoms with Crippen LogP contribution in [0.3, 0.4) is 0 Å². The fourth-order valence-corrected chi connectivity index (χ4v) is 3.43. The maximum absolute atomic E-state index is 12.6. The van der Waals surface area contributed by atoms with E-state index in [4.69, 9.17) is 0 Å². The molecule has 3 rings (SSSR count). The van der Waals surface area contributed by atoms with Gasteiger partial charge in [0.05, 0.1) is 0 Å². The first-order chi connectivity index (χ1) is 12.0. The van der Waals surface area contributed by atoms with Crippen LogP contribution in [0.15, 0.2) is 29.3 Å². The zero-order valence-corrected chi connectivity index (χ0v) is 14.3. The maximum atomic E-state index is 12.6. The summed E-state index contributed by atoms with van der Waals surface area (Å²) >= 11 is 0. The van der Waals surface area contributed by atoms with Crippen molar-refractivity contribution in [1.82, 2.24) is 10.6 Å². The van der Waals surface area contributed by atoms with E-state index in [-0.39, 0.29) is 17.7 Å². The highest BCUT2D eigenvalue weighted by Gasteiger charge is 2.42. The third-order valence-corrected chi connectivity index (χ3v) is 4.67. The van der Waals surface area contributed by atoms with Crippen LogP contribution in [0.25, 0.3) is 0 Å². The van der Waals surface area contributed by atoms with Crippen LogP contribution < -0.4 is 15.4 Å². The van der Waals surface area contributed by atoms with Crippen molar-refractivity contribution in [2.45, 2.75) is 63.4 Å². The number of hydrogen-bond donors (Lipinski definition) is 2. The van der Waals surface area contributed by atoms with Crippen LogP contribution in [0.5, 0.6) is 5.75 Å². The van der Waals surface area contributed by atoms with Gasteiger partial charge in [0.15, 0.2) is 5.96 Å². The number of halogens is 3. The summed E-state index contributed by atoms with van der Waals surface area (Å²) in [7, 11) is 0. The zero-order valence-electron chi connectivity index (χ0n) is 14.3. The topological polar surface area (TPSA) is 45.7 Å². The van der Waals surface area contributed by atoms with Gasteiger partial charge in [0.2, 0.25) is 0 Å². The molecule has 0 amide bonds. The van der Waals surface area contributed by atoms with Gasteiger partial charge in [0, 0.05) is 24.5 Å². The average Bonchev–Trinajstić information content (AvgIpc) is 3.09. The Morgan fingerprint density at radius 1 is 1.20 bits per heavy atom. The molecular formula is C18H24F3N3O. The van der Waals surface area contributed by atoms with Crippen molar-refractivity contribution >= 4 is 5.96 Å². The number of nitrogens with zero attached hydrogens (tertiary/aromatic N) is 1. The van der Waals surface area contributed by atoms with E-state index < -0.39 is 6.36 Å². The number of rotatable bonds is 5. The van der Waals surface area contributed by atoms with E-state index in [0.717, 1.165) is 25.2 Å². The first-order valence-electron chi connectivity index (χ1n) is 8.88. The Hall–Kier alpha value is -1.92. The summed E-state index contributed by atoms with van der Waals surface area (Å²) in [5, 5.41) is 6.80. The van der Waals surface area contributed by atoms with E-state index in [1.54, 1.807) is 18.2 Å². The summed E-state index contributed by atoms with van der Waals surface area (Å²) in [6, 6.07) is 6.89. The fraction of sp³-hybridized carbons (Fsp3) is 0.611. The van der Waals surface area contributed by atoms with E-state index in [9.17, 15) is 13.2 Å². The molecule has 0 aromatic heterocycles. The Balaban J connectivity index is 1.62. The predicted molar refractivity (Wildman–Crippen MR) is 90.8 cm³/mol. The molecular weight excluding hydrogens is 331 g/mol. The second kappa shape index (κ2) is 7.54. The van der Waals surface area contributed by atoms with Crippen molar-refractivity contribution in [1.29, 1.82) is 0 Å². The number of hydrogen-bond acceptors (Lipinski definition) is 2. The average molecular weight is 355 g/mol. The van der Waals surface area contributed by atoms with Crippen LogP contribution in [0.1, 0.15) is 50.5 Å². The van der Waals surface area contributed by atoms with Crippen LogP contribution in [0, 0.1) is 0 Å². The van der Waals surface area contributed by atoms with Crippen LogP contribution in [0.2, 0.25) is 0 Å². The molecule has 2 atom stereocenters. The molecule has 7 heteroatoms. The van der Waals surface area contributed by atoms with Crippen molar-refractivity contribution in [2.24, 2.45) is 4.99 Å². The summed E-state index contributed by atoms with van der Waals surface area (Å²) in [5.41, 5.74) is 0.592. The second-order valence-electron chi connectivity index (χ2n) is 6.63. The molecule has 0 radical (unpaired) electrons. The largest absolute Gasteiger partial charge is 0.573 e. The molecule has 1 aromatic carbocycles. The van der Waals surface area contributed by atoms with Crippen LogP contribution >= 0.6 is 0 Å². The van der Waals surface area contributed by atoms with Gasteiger partial charge < -0.3 is 15.4 Å². The lowest BCUT2D eigenvalue weighted by Gasteiger charge is -2.18. The van der Waals surface area contributed by atoms with Gasteiger partial charge in [-0.25, -0.2) is 0 Å². The molecule has 2 fully saturated rings. The van der Waals surface area contributed by atoms with Gasteiger partial charge in [0.25, 0.3) is 0 Å². The predicted octanol–water partition coefficient (Wildman–Crippen LogP) is 3.94. The molecule has 0 bridgehead atoms. The Kier molecular flexibility index (Phi) is 5.39. The molecule has 2 N–H and O–H groups in total. The summed E-state index contributed by atoms with van der Waals surface area (Å²) < 4.78 is 41.9. The van der Waals surface area contributed by atoms with Crippen molar-refractivity contribution in [3.63, 3.8) is 0 Å². The summed E-state index contributed by atoms with van der Waals surface area (Å²) in [5.74, 6) is 0.657. The molecule has 0 heterocycles. The first kappa shape index (κ1) is 17.9. The molecule has 2 unspecified atom stereocenters. The van der Waals surface area contributed by atoms with Crippen molar-refractivity contribution < 1.29 is 17.9 Å². The van der Waals surface area contributed by atoms with E-state index in [2.05, 4.69) is 20.4 Å². The lowest BCUT2D eigenvalue weighted by molar-refractivity contribution is -0.274. The number of aliphatic imine (C=N–C) groups is 1. The van der Waals surface area contributed by atoms with E-state index >= 15 is 0 Å². The zero-order chi connectivity index (χ0) is 17.9. The maximum Gasteiger partial charge on any atom is 0.573 e. The summed E-state index contributed by atoms with van der Waals surface area (Å²) in [4.78, 5) is 4.46. The van der Waals surface area contributed by atoms with Crippen molar-refractivity contribution in [3.05, 3.63) is 29.8 Å². The third-order valence-electron chi connectivity index (χ3n) is 4.67. The smallest absolute Gasteiger partial charge is 0.405 e. The molecule has 2 aliphatic carbocycles.